The topological polar surface area (TPSA) is 22.1 Å². The van der Waals surface area contributed by atoms with Crippen LogP contribution in [0.15, 0.2) is 6.07 Å². The van der Waals surface area contributed by atoms with E-state index in [1.807, 2.05) is 0 Å². The molecule has 0 aromatic carbocycles. The number of ether oxygens (including phenoxy) is 1. The van der Waals surface area contributed by atoms with E-state index in [1.54, 1.807) is 0 Å². The molecule has 0 N–H and O–H groups in total. The second kappa shape index (κ2) is 4.68. The number of pyridine rings is 1. The summed E-state index contributed by atoms with van der Waals surface area (Å²) in [7, 11) is 1.02. The van der Waals surface area contributed by atoms with Gasteiger partial charge in [-0.15, -0.1) is 0 Å². The highest BCUT2D eigenvalue weighted by Crippen LogP contribution is 2.37. The summed E-state index contributed by atoms with van der Waals surface area (Å²) in [6, 6.07) is 0.887. The molecule has 0 atom stereocenters. The fourth-order valence-corrected chi connectivity index (χ4v) is 1.64. The second-order valence-corrected chi connectivity index (χ2v) is 3.87. The van der Waals surface area contributed by atoms with Crippen LogP contribution < -0.4 is 4.74 Å². The van der Waals surface area contributed by atoms with E-state index >= 15 is 0 Å². The Labute approximate surface area is 101 Å². The molecule has 0 aliphatic heterocycles. The van der Waals surface area contributed by atoms with E-state index in [2.05, 4.69) is 9.72 Å². The van der Waals surface area contributed by atoms with Gasteiger partial charge in [0.25, 0.3) is 6.43 Å². The van der Waals surface area contributed by atoms with Gasteiger partial charge in [-0.1, -0.05) is 0 Å². The third kappa shape index (κ3) is 2.71. The molecule has 0 saturated carbocycles. The first-order valence-corrected chi connectivity index (χ1v) is 4.95. The van der Waals surface area contributed by atoms with Gasteiger partial charge < -0.3 is 4.74 Å². The molecule has 2 nitrogen and oxygen atoms in total. The summed E-state index contributed by atoms with van der Waals surface area (Å²) in [5.41, 5.74) is -2.33. The monoisotopic (exact) mass is 353 g/mol. The van der Waals surface area contributed by atoms with Crippen LogP contribution in [0.5, 0.6) is 5.75 Å². The highest BCUT2D eigenvalue weighted by Gasteiger charge is 2.38. The van der Waals surface area contributed by atoms with Crippen molar-refractivity contribution in [3.63, 3.8) is 0 Å². The van der Waals surface area contributed by atoms with Crippen molar-refractivity contribution in [2.24, 2.45) is 0 Å². The molecule has 1 aromatic heterocycles. The average molecular weight is 353 g/mol. The number of methoxy groups -OCH3 is 1. The fourth-order valence-electron chi connectivity index (χ4n) is 0.998. The van der Waals surface area contributed by atoms with Crippen molar-refractivity contribution in [1.82, 2.24) is 4.98 Å². The molecular weight excluding hydrogens is 348 g/mol. The van der Waals surface area contributed by atoms with Crippen LogP contribution in [0, 0.1) is 3.57 Å². The van der Waals surface area contributed by atoms with Gasteiger partial charge in [0, 0.05) is 3.57 Å². The molecule has 0 aliphatic rings. The Bertz CT molecular complexity index is 393. The van der Waals surface area contributed by atoms with Crippen molar-refractivity contribution in [3.05, 3.63) is 21.0 Å². The normalized spacial score (nSPS) is 12.0. The minimum absolute atomic E-state index is 0.0718. The average Bonchev–Trinajstić information content (AvgIpc) is 2.14. The molecule has 0 unspecified atom stereocenters. The predicted octanol–water partition coefficient (Wildman–Crippen LogP) is 3.65. The first-order valence-electron chi connectivity index (χ1n) is 3.87. The third-order valence-corrected chi connectivity index (χ3v) is 2.53. The molecule has 1 heterocycles. The summed E-state index contributed by atoms with van der Waals surface area (Å²) >= 11 is 1.48. The maximum absolute atomic E-state index is 12.4. The van der Waals surface area contributed by atoms with Crippen LogP contribution in [0.25, 0.3) is 0 Å². The maximum Gasteiger partial charge on any atom is 0.437 e. The molecule has 1 rings (SSSR count). The molecule has 0 amide bonds. The van der Waals surface area contributed by atoms with E-state index in [-0.39, 0.29) is 3.57 Å². The summed E-state index contributed by atoms with van der Waals surface area (Å²) in [5.74, 6) is -0.568. The fraction of sp³-hybridized carbons (Fsp3) is 0.375. The van der Waals surface area contributed by atoms with Gasteiger partial charge in [0.1, 0.15) is 5.69 Å². The van der Waals surface area contributed by atoms with Crippen molar-refractivity contribution >= 4 is 22.6 Å². The van der Waals surface area contributed by atoms with Gasteiger partial charge in [0.15, 0.2) is 11.4 Å². The molecule has 16 heavy (non-hydrogen) atoms. The quantitative estimate of drug-likeness (QED) is 0.598. The Kier molecular flexibility index (Phi) is 3.92. The van der Waals surface area contributed by atoms with Crippen LogP contribution in [-0.4, -0.2) is 12.1 Å². The van der Waals surface area contributed by atoms with Crippen LogP contribution in [0.2, 0.25) is 0 Å². The first kappa shape index (κ1) is 13.4. The Morgan fingerprint density at radius 3 is 2.31 bits per heavy atom. The van der Waals surface area contributed by atoms with Gasteiger partial charge in [-0.2, -0.15) is 13.2 Å². The molecule has 0 spiro atoms. The molecule has 0 bridgehead atoms. The van der Waals surface area contributed by atoms with Crippen molar-refractivity contribution in [2.75, 3.05) is 7.11 Å². The van der Waals surface area contributed by atoms with Gasteiger partial charge in [-0.3, -0.25) is 0 Å². The molecular formula is C8H5F5INO. The van der Waals surface area contributed by atoms with E-state index in [9.17, 15) is 22.0 Å². The standard InChI is InChI=1S/C8H5F5INO/c1-16-4-2-3(14)5(7(9)10)15-6(4)8(11,12)13/h2,7H,1H3. The van der Waals surface area contributed by atoms with Crippen LogP contribution >= 0.6 is 22.6 Å². The van der Waals surface area contributed by atoms with Gasteiger partial charge in [-0.25, -0.2) is 13.8 Å². The molecule has 0 aliphatic carbocycles. The van der Waals surface area contributed by atoms with Gasteiger partial charge in [-0.05, 0) is 28.7 Å². The minimum Gasteiger partial charge on any atom is -0.494 e. The molecule has 1 aromatic rings. The van der Waals surface area contributed by atoms with E-state index in [4.69, 9.17) is 0 Å². The lowest BCUT2D eigenvalue weighted by atomic mass is 10.2. The van der Waals surface area contributed by atoms with E-state index in [0.717, 1.165) is 13.2 Å². The Morgan fingerprint density at radius 1 is 1.38 bits per heavy atom. The van der Waals surface area contributed by atoms with Gasteiger partial charge in [0.05, 0.1) is 7.11 Å². The SMILES string of the molecule is COc1cc(I)c(C(F)F)nc1C(F)(F)F. The van der Waals surface area contributed by atoms with Crippen molar-refractivity contribution in [2.45, 2.75) is 12.6 Å². The minimum atomic E-state index is -4.82. The van der Waals surface area contributed by atoms with E-state index in [0.29, 0.717) is 0 Å². The summed E-state index contributed by atoms with van der Waals surface area (Å²) in [6.07, 6.45) is -7.88. The number of halogens is 6. The number of hydrogen-bond donors (Lipinski definition) is 0. The maximum atomic E-state index is 12.4. The largest absolute Gasteiger partial charge is 0.494 e. The number of nitrogens with zero attached hydrogens (tertiary/aromatic N) is 1. The smallest absolute Gasteiger partial charge is 0.437 e. The Balaban J connectivity index is 3.41. The van der Waals surface area contributed by atoms with E-state index in [1.165, 1.54) is 22.6 Å². The number of aromatic nitrogens is 1. The summed E-state index contributed by atoms with van der Waals surface area (Å²) in [6.45, 7) is 0. The van der Waals surface area contributed by atoms with Gasteiger partial charge in [0.2, 0.25) is 0 Å². The lowest BCUT2D eigenvalue weighted by molar-refractivity contribution is -0.142. The molecule has 90 valence electrons. The Morgan fingerprint density at radius 2 is 1.94 bits per heavy atom. The lowest BCUT2D eigenvalue weighted by Gasteiger charge is -2.13. The predicted molar refractivity (Wildman–Crippen MR) is 53.5 cm³/mol. The summed E-state index contributed by atoms with van der Waals surface area (Å²) in [5, 5.41) is 0. The van der Waals surface area contributed by atoms with Crippen molar-refractivity contribution in [1.29, 1.82) is 0 Å². The number of hydrogen-bond acceptors (Lipinski definition) is 2. The van der Waals surface area contributed by atoms with E-state index < -0.39 is 29.7 Å². The molecule has 0 fully saturated rings. The number of rotatable bonds is 2. The zero-order valence-electron chi connectivity index (χ0n) is 7.78. The molecule has 8 heteroatoms. The van der Waals surface area contributed by atoms with Crippen molar-refractivity contribution in [3.8, 4) is 5.75 Å². The molecule has 0 saturated heterocycles. The van der Waals surface area contributed by atoms with Crippen molar-refractivity contribution < 1.29 is 26.7 Å². The molecule has 0 radical (unpaired) electrons. The van der Waals surface area contributed by atoms with Crippen LogP contribution in [0.3, 0.4) is 0 Å². The highest BCUT2D eigenvalue weighted by molar-refractivity contribution is 14.1. The highest BCUT2D eigenvalue weighted by atomic mass is 127. The first-order chi connectivity index (χ1) is 7.27. The second-order valence-electron chi connectivity index (χ2n) is 2.70. The van der Waals surface area contributed by atoms with Gasteiger partial charge >= 0.3 is 6.18 Å². The zero-order valence-corrected chi connectivity index (χ0v) is 9.94. The summed E-state index contributed by atoms with van der Waals surface area (Å²) in [4.78, 5) is 2.91. The van der Waals surface area contributed by atoms with Crippen LogP contribution in [-0.2, 0) is 6.18 Å². The Hall–Kier alpha value is -0.670. The number of alkyl halides is 5. The zero-order chi connectivity index (χ0) is 12.5. The summed E-state index contributed by atoms with van der Waals surface area (Å²) < 4.78 is 66.4. The van der Waals surface area contributed by atoms with Crippen LogP contribution in [0.1, 0.15) is 17.8 Å². The van der Waals surface area contributed by atoms with Crippen LogP contribution in [0.4, 0.5) is 22.0 Å². The lowest BCUT2D eigenvalue weighted by Crippen LogP contribution is -2.13. The third-order valence-electron chi connectivity index (χ3n) is 1.66.